The first-order chi connectivity index (χ1) is 7.36. The van der Waals surface area contributed by atoms with Crippen molar-refractivity contribution in [2.45, 2.75) is 11.2 Å². The molecule has 0 aliphatic carbocycles. The van der Waals surface area contributed by atoms with Crippen LogP contribution >= 0.6 is 15.9 Å². The van der Waals surface area contributed by atoms with E-state index in [1.807, 2.05) is 0 Å². The van der Waals surface area contributed by atoms with Crippen molar-refractivity contribution < 1.29 is 4.74 Å². The van der Waals surface area contributed by atoms with Gasteiger partial charge in [0.25, 0.3) is 0 Å². The number of rotatable bonds is 0. The van der Waals surface area contributed by atoms with Crippen LogP contribution in [0.25, 0.3) is 10.8 Å². The number of benzene rings is 2. The Labute approximate surface area is 97.2 Å². The fourth-order valence-electron chi connectivity index (χ4n) is 2.14. The van der Waals surface area contributed by atoms with Crippen LogP contribution in [0.5, 0.6) is 5.75 Å². The SMILES string of the molecule is BrC1CCOc2ccc3ccccc3c21. The summed E-state index contributed by atoms with van der Waals surface area (Å²) in [4.78, 5) is 0.423. The molecular formula is C13H11BrO. The molecule has 1 aliphatic heterocycles. The summed E-state index contributed by atoms with van der Waals surface area (Å²) in [7, 11) is 0. The molecule has 0 bridgehead atoms. The number of hydrogen-bond donors (Lipinski definition) is 0. The highest BCUT2D eigenvalue weighted by atomic mass is 79.9. The van der Waals surface area contributed by atoms with Crippen LogP contribution < -0.4 is 4.74 Å². The van der Waals surface area contributed by atoms with Gasteiger partial charge in [0.1, 0.15) is 5.75 Å². The normalized spacial score (nSPS) is 19.7. The Kier molecular flexibility index (Phi) is 2.17. The van der Waals surface area contributed by atoms with Gasteiger partial charge in [-0.1, -0.05) is 46.3 Å². The molecule has 0 amide bonds. The van der Waals surface area contributed by atoms with E-state index in [0.29, 0.717) is 4.83 Å². The van der Waals surface area contributed by atoms with E-state index in [9.17, 15) is 0 Å². The lowest BCUT2D eigenvalue weighted by Crippen LogP contribution is -2.10. The van der Waals surface area contributed by atoms with Crippen LogP contribution in [0.3, 0.4) is 0 Å². The summed E-state index contributed by atoms with van der Waals surface area (Å²) >= 11 is 3.73. The van der Waals surface area contributed by atoms with E-state index in [1.165, 1.54) is 16.3 Å². The largest absolute Gasteiger partial charge is 0.493 e. The fourth-order valence-corrected chi connectivity index (χ4v) is 2.80. The van der Waals surface area contributed by atoms with Crippen LogP contribution in [0.15, 0.2) is 36.4 Å². The second-order valence-corrected chi connectivity index (χ2v) is 4.91. The molecule has 0 saturated heterocycles. The Morgan fingerprint density at radius 3 is 2.93 bits per heavy atom. The molecule has 0 fully saturated rings. The maximum absolute atomic E-state index is 5.67. The number of fused-ring (bicyclic) bond motifs is 3. The molecule has 3 rings (SSSR count). The topological polar surface area (TPSA) is 9.23 Å². The summed E-state index contributed by atoms with van der Waals surface area (Å²) in [6.07, 6.45) is 1.04. The summed E-state index contributed by atoms with van der Waals surface area (Å²) in [6, 6.07) is 12.7. The third kappa shape index (κ3) is 1.44. The highest BCUT2D eigenvalue weighted by Gasteiger charge is 2.20. The summed E-state index contributed by atoms with van der Waals surface area (Å²) in [6.45, 7) is 0.807. The molecule has 0 radical (unpaired) electrons. The van der Waals surface area contributed by atoms with Gasteiger partial charge >= 0.3 is 0 Å². The van der Waals surface area contributed by atoms with Crippen LogP contribution in [0.1, 0.15) is 16.8 Å². The first-order valence-corrected chi connectivity index (χ1v) is 6.06. The van der Waals surface area contributed by atoms with Gasteiger partial charge in [-0.3, -0.25) is 0 Å². The number of hydrogen-bond acceptors (Lipinski definition) is 1. The van der Waals surface area contributed by atoms with E-state index >= 15 is 0 Å². The van der Waals surface area contributed by atoms with E-state index in [-0.39, 0.29) is 0 Å². The average molecular weight is 263 g/mol. The van der Waals surface area contributed by atoms with Crippen molar-refractivity contribution in [1.82, 2.24) is 0 Å². The molecule has 0 saturated carbocycles. The monoisotopic (exact) mass is 262 g/mol. The highest BCUT2D eigenvalue weighted by molar-refractivity contribution is 9.09. The van der Waals surface area contributed by atoms with Gasteiger partial charge in [-0.2, -0.15) is 0 Å². The van der Waals surface area contributed by atoms with Gasteiger partial charge in [0.2, 0.25) is 0 Å². The second-order valence-electron chi connectivity index (χ2n) is 3.80. The van der Waals surface area contributed by atoms with Crippen LogP contribution in [0.4, 0.5) is 0 Å². The first-order valence-electron chi connectivity index (χ1n) is 5.15. The van der Waals surface area contributed by atoms with Gasteiger partial charge in [0.05, 0.1) is 6.61 Å². The number of halogens is 1. The molecule has 1 aliphatic rings. The zero-order chi connectivity index (χ0) is 10.3. The molecule has 1 heterocycles. The van der Waals surface area contributed by atoms with Crippen LogP contribution in [-0.4, -0.2) is 6.61 Å². The standard InChI is InChI=1S/C13H11BrO/c14-11-7-8-15-12-6-5-9-3-1-2-4-10(9)13(11)12/h1-6,11H,7-8H2. The molecule has 1 nitrogen and oxygen atoms in total. The van der Waals surface area contributed by atoms with Gasteiger partial charge in [0.15, 0.2) is 0 Å². The average Bonchev–Trinajstić information content (AvgIpc) is 2.29. The van der Waals surface area contributed by atoms with E-state index in [0.717, 1.165) is 18.8 Å². The molecule has 0 spiro atoms. The quantitative estimate of drug-likeness (QED) is 0.651. The Morgan fingerprint density at radius 1 is 1.13 bits per heavy atom. The van der Waals surface area contributed by atoms with Gasteiger partial charge in [-0.15, -0.1) is 0 Å². The van der Waals surface area contributed by atoms with Crippen LogP contribution in [-0.2, 0) is 0 Å². The van der Waals surface area contributed by atoms with E-state index in [4.69, 9.17) is 4.74 Å². The van der Waals surface area contributed by atoms with Crippen molar-refractivity contribution in [3.8, 4) is 5.75 Å². The third-order valence-corrected chi connectivity index (χ3v) is 3.79. The maximum Gasteiger partial charge on any atom is 0.124 e. The van der Waals surface area contributed by atoms with Crippen molar-refractivity contribution in [2.75, 3.05) is 6.61 Å². The van der Waals surface area contributed by atoms with Gasteiger partial charge in [-0.05, 0) is 23.3 Å². The van der Waals surface area contributed by atoms with Crippen molar-refractivity contribution in [3.63, 3.8) is 0 Å². The van der Waals surface area contributed by atoms with E-state index < -0.39 is 0 Å². The lowest BCUT2D eigenvalue weighted by molar-refractivity contribution is 0.289. The number of alkyl halides is 1. The lowest BCUT2D eigenvalue weighted by atomic mass is 9.98. The van der Waals surface area contributed by atoms with E-state index in [2.05, 4.69) is 52.3 Å². The summed E-state index contributed by atoms with van der Waals surface area (Å²) in [5.41, 5.74) is 1.30. The summed E-state index contributed by atoms with van der Waals surface area (Å²) in [5.74, 6) is 1.03. The smallest absolute Gasteiger partial charge is 0.124 e. The van der Waals surface area contributed by atoms with E-state index in [1.54, 1.807) is 0 Å². The zero-order valence-electron chi connectivity index (χ0n) is 8.24. The van der Waals surface area contributed by atoms with Crippen molar-refractivity contribution in [2.24, 2.45) is 0 Å². The molecule has 2 heteroatoms. The molecule has 1 atom stereocenters. The minimum Gasteiger partial charge on any atom is -0.493 e. The van der Waals surface area contributed by atoms with Gasteiger partial charge in [-0.25, -0.2) is 0 Å². The van der Waals surface area contributed by atoms with Gasteiger partial charge in [0, 0.05) is 10.4 Å². The molecule has 0 aromatic heterocycles. The fraction of sp³-hybridized carbons (Fsp3) is 0.231. The van der Waals surface area contributed by atoms with Crippen molar-refractivity contribution in [3.05, 3.63) is 42.0 Å². The predicted octanol–water partition coefficient (Wildman–Crippen LogP) is 4.06. The Balaban J connectivity index is 2.35. The van der Waals surface area contributed by atoms with Crippen molar-refractivity contribution in [1.29, 1.82) is 0 Å². The first kappa shape index (κ1) is 9.22. The second kappa shape index (κ2) is 3.53. The molecule has 1 unspecified atom stereocenters. The molecule has 76 valence electrons. The summed E-state index contributed by atoms with van der Waals surface area (Å²) < 4.78 is 5.67. The summed E-state index contributed by atoms with van der Waals surface area (Å²) in [5, 5.41) is 2.59. The van der Waals surface area contributed by atoms with Crippen LogP contribution in [0, 0.1) is 0 Å². The number of ether oxygens (including phenoxy) is 1. The molecule has 2 aromatic carbocycles. The molecular weight excluding hydrogens is 252 g/mol. The minimum atomic E-state index is 0.423. The highest BCUT2D eigenvalue weighted by Crippen LogP contribution is 2.41. The molecule has 0 N–H and O–H groups in total. The van der Waals surface area contributed by atoms with Crippen molar-refractivity contribution >= 4 is 26.7 Å². The van der Waals surface area contributed by atoms with Crippen LogP contribution in [0.2, 0.25) is 0 Å². The molecule has 15 heavy (non-hydrogen) atoms. The third-order valence-electron chi connectivity index (χ3n) is 2.87. The zero-order valence-corrected chi connectivity index (χ0v) is 9.83. The Morgan fingerprint density at radius 2 is 2.00 bits per heavy atom. The predicted molar refractivity (Wildman–Crippen MR) is 65.7 cm³/mol. The Hall–Kier alpha value is -1.02. The Bertz CT molecular complexity index is 507. The minimum absolute atomic E-state index is 0.423. The maximum atomic E-state index is 5.67. The molecule has 2 aromatic rings. The van der Waals surface area contributed by atoms with Gasteiger partial charge < -0.3 is 4.74 Å². The lowest BCUT2D eigenvalue weighted by Gasteiger charge is -2.23.